The topological polar surface area (TPSA) is 69.6 Å². The number of aliphatic hydroxyl groups excluding tert-OH is 1. The maximum Gasteiger partial charge on any atom is 0.270 e. The molecule has 19 heavy (non-hydrogen) atoms. The van der Waals surface area contributed by atoms with Gasteiger partial charge in [0, 0.05) is 11.1 Å². The van der Waals surface area contributed by atoms with Gasteiger partial charge >= 0.3 is 0 Å². The number of amides is 1. The molecule has 0 aliphatic heterocycles. The second-order valence-electron chi connectivity index (χ2n) is 4.88. The number of hydrogen-bond donors (Lipinski definition) is 3. The number of allylic oxidation sites excluding steroid dienone is 3. The fourth-order valence-corrected chi connectivity index (χ4v) is 2.04. The van der Waals surface area contributed by atoms with Crippen LogP contribution in [0.4, 0.5) is 0 Å². The molecule has 1 rings (SSSR count). The summed E-state index contributed by atoms with van der Waals surface area (Å²) in [6, 6.07) is 0. The van der Waals surface area contributed by atoms with Crippen molar-refractivity contribution in [2.75, 3.05) is 6.61 Å². The lowest BCUT2D eigenvalue weighted by Gasteiger charge is -2.21. The van der Waals surface area contributed by atoms with Crippen LogP contribution in [0.15, 0.2) is 40.7 Å². The smallest absolute Gasteiger partial charge is 0.270 e. The lowest BCUT2D eigenvalue weighted by atomic mass is 9.84. The molecule has 0 aromatic rings. The van der Waals surface area contributed by atoms with Crippen LogP contribution >= 0.6 is 0 Å². The highest BCUT2D eigenvalue weighted by Crippen LogP contribution is 2.28. The summed E-state index contributed by atoms with van der Waals surface area (Å²) in [6.45, 7) is 3.98. The standard InChI is InChI=1S/C15H21NO3/c1-11(2)4-3-5-14(10-17)12-6-8-13(9-7-12)15(18)16-19/h3-4,8,12,17,19H,6-7,9-10H2,1-2H3,(H,16,18). The van der Waals surface area contributed by atoms with Crippen LogP contribution in [-0.4, -0.2) is 22.8 Å². The maximum atomic E-state index is 11.2. The van der Waals surface area contributed by atoms with E-state index in [9.17, 15) is 9.90 Å². The molecule has 0 spiro atoms. The SMILES string of the molecule is CC(C)=CC=C=C(CO)C1CC=C(C(=O)NO)CC1. The second-order valence-corrected chi connectivity index (χ2v) is 4.88. The fraction of sp³-hybridized carbons (Fsp3) is 0.467. The molecule has 1 unspecified atom stereocenters. The Morgan fingerprint density at radius 1 is 1.58 bits per heavy atom. The highest BCUT2D eigenvalue weighted by molar-refractivity contribution is 5.92. The molecule has 1 aliphatic carbocycles. The number of carbonyl (C=O) groups is 1. The third-order valence-corrected chi connectivity index (χ3v) is 3.15. The van der Waals surface area contributed by atoms with Gasteiger partial charge in [0.15, 0.2) is 0 Å². The van der Waals surface area contributed by atoms with Crippen molar-refractivity contribution in [1.29, 1.82) is 0 Å². The largest absolute Gasteiger partial charge is 0.391 e. The lowest BCUT2D eigenvalue weighted by Crippen LogP contribution is -2.23. The van der Waals surface area contributed by atoms with Crippen molar-refractivity contribution in [1.82, 2.24) is 5.48 Å². The van der Waals surface area contributed by atoms with Crippen LogP contribution in [0.5, 0.6) is 0 Å². The summed E-state index contributed by atoms with van der Waals surface area (Å²) >= 11 is 0. The van der Waals surface area contributed by atoms with Crippen LogP contribution in [-0.2, 0) is 4.79 Å². The van der Waals surface area contributed by atoms with Gasteiger partial charge in [-0.2, -0.15) is 0 Å². The zero-order chi connectivity index (χ0) is 14.3. The molecule has 0 bridgehead atoms. The third-order valence-electron chi connectivity index (χ3n) is 3.15. The Morgan fingerprint density at radius 3 is 2.79 bits per heavy atom. The number of rotatable bonds is 4. The van der Waals surface area contributed by atoms with Crippen LogP contribution in [0.2, 0.25) is 0 Å². The van der Waals surface area contributed by atoms with Crippen molar-refractivity contribution in [2.24, 2.45) is 5.92 Å². The van der Waals surface area contributed by atoms with Gasteiger partial charge < -0.3 is 5.11 Å². The molecule has 0 radical (unpaired) electrons. The number of carbonyl (C=O) groups excluding carboxylic acids is 1. The zero-order valence-electron chi connectivity index (χ0n) is 11.4. The molecule has 4 heteroatoms. The van der Waals surface area contributed by atoms with Gasteiger partial charge in [0.1, 0.15) is 0 Å². The van der Waals surface area contributed by atoms with E-state index >= 15 is 0 Å². The van der Waals surface area contributed by atoms with Gasteiger partial charge in [0.2, 0.25) is 0 Å². The van der Waals surface area contributed by atoms with Gasteiger partial charge in [-0.25, -0.2) is 5.48 Å². The number of hydrogen-bond acceptors (Lipinski definition) is 3. The van der Waals surface area contributed by atoms with E-state index in [1.165, 1.54) is 5.57 Å². The molecule has 4 nitrogen and oxygen atoms in total. The monoisotopic (exact) mass is 263 g/mol. The fourth-order valence-electron chi connectivity index (χ4n) is 2.04. The molecular weight excluding hydrogens is 242 g/mol. The number of aliphatic hydroxyl groups is 1. The summed E-state index contributed by atoms with van der Waals surface area (Å²) in [4.78, 5) is 11.2. The van der Waals surface area contributed by atoms with Gasteiger partial charge in [0.05, 0.1) is 6.61 Å². The molecular formula is C15H21NO3. The van der Waals surface area contributed by atoms with E-state index in [0.717, 1.165) is 12.0 Å². The first-order valence-corrected chi connectivity index (χ1v) is 6.41. The van der Waals surface area contributed by atoms with Crippen molar-refractivity contribution in [3.05, 3.63) is 40.7 Å². The van der Waals surface area contributed by atoms with E-state index in [1.807, 2.05) is 32.1 Å². The van der Waals surface area contributed by atoms with Gasteiger partial charge in [-0.3, -0.25) is 10.0 Å². The van der Waals surface area contributed by atoms with Crippen molar-refractivity contribution in [3.63, 3.8) is 0 Å². The Kier molecular flexibility index (Phi) is 6.30. The second kappa shape index (κ2) is 7.74. The van der Waals surface area contributed by atoms with Crippen molar-refractivity contribution >= 4 is 5.91 Å². The van der Waals surface area contributed by atoms with E-state index < -0.39 is 5.91 Å². The van der Waals surface area contributed by atoms with E-state index in [2.05, 4.69) is 5.73 Å². The third kappa shape index (κ3) is 4.87. The lowest BCUT2D eigenvalue weighted by molar-refractivity contribution is -0.125. The summed E-state index contributed by atoms with van der Waals surface area (Å²) in [7, 11) is 0. The van der Waals surface area contributed by atoms with E-state index in [1.54, 1.807) is 5.48 Å². The quantitative estimate of drug-likeness (QED) is 0.315. The van der Waals surface area contributed by atoms with Crippen LogP contribution in [0.1, 0.15) is 33.1 Å². The molecule has 0 heterocycles. The van der Waals surface area contributed by atoms with Crippen LogP contribution < -0.4 is 5.48 Å². The molecule has 3 N–H and O–H groups in total. The Balaban J connectivity index is 2.77. The normalized spacial score (nSPS) is 17.9. The molecule has 0 saturated heterocycles. The Morgan fingerprint density at radius 2 is 2.32 bits per heavy atom. The summed E-state index contributed by atoms with van der Waals surface area (Å²) in [5.74, 6) is -0.227. The Labute approximate surface area is 113 Å². The Bertz CT molecular complexity index is 450. The van der Waals surface area contributed by atoms with Gasteiger partial charge in [-0.05, 0) is 45.1 Å². The first kappa shape index (κ1) is 15.4. The predicted molar refractivity (Wildman–Crippen MR) is 73.5 cm³/mol. The summed E-state index contributed by atoms with van der Waals surface area (Å²) < 4.78 is 0. The molecule has 104 valence electrons. The van der Waals surface area contributed by atoms with Crippen LogP contribution in [0.25, 0.3) is 0 Å². The summed E-state index contributed by atoms with van der Waals surface area (Å²) in [5, 5.41) is 18.0. The van der Waals surface area contributed by atoms with Crippen LogP contribution in [0, 0.1) is 5.92 Å². The molecule has 0 saturated carbocycles. The number of nitrogens with one attached hydrogen (secondary N) is 1. The van der Waals surface area contributed by atoms with Crippen molar-refractivity contribution in [2.45, 2.75) is 33.1 Å². The van der Waals surface area contributed by atoms with Crippen molar-refractivity contribution < 1.29 is 15.1 Å². The van der Waals surface area contributed by atoms with E-state index in [0.29, 0.717) is 18.4 Å². The molecule has 0 aromatic carbocycles. The van der Waals surface area contributed by atoms with Gasteiger partial charge in [-0.15, -0.1) is 5.73 Å². The molecule has 1 atom stereocenters. The highest BCUT2D eigenvalue weighted by Gasteiger charge is 2.20. The average molecular weight is 263 g/mol. The first-order chi connectivity index (χ1) is 9.08. The predicted octanol–water partition coefficient (Wildman–Crippen LogP) is 2.26. The van der Waals surface area contributed by atoms with Crippen LogP contribution in [0.3, 0.4) is 0 Å². The first-order valence-electron chi connectivity index (χ1n) is 6.41. The van der Waals surface area contributed by atoms with E-state index in [-0.39, 0.29) is 12.5 Å². The van der Waals surface area contributed by atoms with E-state index in [4.69, 9.17) is 5.21 Å². The van der Waals surface area contributed by atoms with Gasteiger partial charge in [0.25, 0.3) is 5.91 Å². The highest BCUT2D eigenvalue weighted by atomic mass is 16.5. The minimum atomic E-state index is -0.437. The molecule has 1 aliphatic rings. The number of hydroxylamine groups is 1. The zero-order valence-corrected chi connectivity index (χ0v) is 11.4. The minimum absolute atomic E-state index is 0.0207. The summed E-state index contributed by atoms with van der Waals surface area (Å²) in [5.41, 5.74) is 7.40. The van der Waals surface area contributed by atoms with Crippen molar-refractivity contribution in [3.8, 4) is 0 Å². The van der Waals surface area contributed by atoms with Gasteiger partial charge in [-0.1, -0.05) is 17.7 Å². The molecule has 1 amide bonds. The molecule has 0 fully saturated rings. The molecule has 0 aromatic heterocycles. The minimum Gasteiger partial charge on any atom is -0.391 e. The maximum absolute atomic E-state index is 11.2. The average Bonchev–Trinajstić information content (AvgIpc) is 2.43. The summed E-state index contributed by atoms with van der Waals surface area (Å²) in [6.07, 6.45) is 7.65. The Hall–Kier alpha value is -1.61.